The van der Waals surface area contributed by atoms with Gasteiger partial charge in [-0.2, -0.15) is 0 Å². The summed E-state index contributed by atoms with van der Waals surface area (Å²) in [6, 6.07) is 10.9. The summed E-state index contributed by atoms with van der Waals surface area (Å²) in [6.45, 7) is 0.657. The lowest BCUT2D eigenvalue weighted by atomic mass is 10.1. The second kappa shape index (κ2) is 5.96. The van der Waals surface area contributed by atoms with E-state index in [1.165, 1.54) is 6.07 Å². The highest BCUT2D eigenvalue weighted by Crippen LogP contribution is 2.25. The third kappa shape index (κ3) is 2.88. The summed E-state index contributed by atoms with van der Waals surface area (Å²) in [5, 5.41) is 0.502. The van der Waals surface area contributed by atoms with Crippen molar-refractivity contribution in [3.05, 3.63) is 59.7 Å². The van der Waals surface area contributed by atoms with Crippen LogP contribution in [0.3, 0.4) is 0 Å². The van der Waals surface area contributed by atoms with Gasteiger partial charge in [-0.1, -0.05) is 28.1 Å². The Kier molecular flexibility index (Phi) is 4.31. The number of nitrogens with zero attached hydrogens (tertiary/aromatic N) is 2. The maximum absolute atomic E-state index is 13.7. The first-order valence-corrected chi connectivity index (χ1v) is 6.79. The van der Waals surface area contributed by atoms with Crippen molar-refractivity contribution < 1.29 is 4.39 Å². The summed E-state index contributed by atoms with van der Waals surface area (Å²) in [4.78, 5) is 6.28. The highest BCUT2D eigenvalue weighted by atomic mass is 79.9. The van der Waals surface area contributed by atoms with E-state index < -0.39 is 0 Å². The van der Waals surface area contributed by atoms with Crippen molar-refractivity contribution in [1.82, 2.24) is 4.98 Å². The lowest BCUT2D eigenvalue weighted by molar-refractivity contribution is 0.616. The Balaban J connectivity index is 2.24. The molecule has 0 spiro atoms. The quantitative estimate of drug-likeness (QED) is 0.800. The van der Waals surface area contributed by atoms with Crippen LogP contribution in [0.2, 0.25) is 0 Å². The highest BCUT2D eigenvalue weighted by Gasteiger charge is 2.11. The summed E-state index contributed by atoms with van der Waals surface area (Å²) in [5.74, 6) is -0.183. The molecule has 1 heterocycles. The summed E-state index contributed by atoms with van der Waals surface area (Å²) >= 11 is 3.33. The van der Waals surface area contributed by atoms with Gasteiger partial charge >= 0.3 is 0 Å². The molecule has 0 atom stereocenters. The van der Waals surface area contributed by atoms with Crippen LogP contribution in [-0.2, 0) is 11.9 Å². The second-order valence-corrected chi connectivity index (χ2v) is 4.61. The fourth-order valence-electron chi connectivity index (χ4n) is 1.86. The Hall–Kier alpha value is -1.42. The van der Waals surface area contributed by atoms with Crippen molar-refractivity contribution in [2.75, 3.05) is 11.9 Å². The van der Waals surface area contributed by atoms with Crippen LogP contribution in [0.15, 0.2) is 42.6 Å². The van der Waals surface area contributed by atoms with Crippen molar-refractivity contribution in [3.8, 4) is 0 Å². The van der Waals surface area contributed by atoms with Gasteiger partial charge in [0, 0.05) is 29.8 Å². The molecule has 0 saturated carbocycles. The van der Waals surface area contributed by atoms with E-state index >= 15 is 0 Å². The molecule has 0 aliphatic rings. The predicted octanol–water partition coefficient (Wildman–Crippen LogP) is 3.75. The van der Waals surface area contributed by atoms with Crippen molar-refractivity contribution in [3.63, 3.8) is 0 Å². The van der Waals surface area contributed by atoms with Gasteiger partial charge in [-0.05, 0) is 24.3 Å². The number of rotatable bonds is 4. The van der Waals surface area contributed by atoms with Crippen LogP contribution in [0.4, 0.5) is 10.1 Å². The number of aromatic nitrogens is 1. The SMILES string of the molecule is CN(Cc1ccccn1)c1cccc(F)c1CBr. The van der Waals surface area contributed by atoms with Gasteiger partial charge in [0.05, 0.1) is 12.2 Å². The molecule has 0 saturated heterocycles. The van der Waals surface area contributed by atoms with Gasteiger partial charge in [-0.3, -0.25) is 4.98 Å². The minimum Gasteiger partial charge on any atom is -0.368 e. The van der Waals surface area contributed by atoms with Crippen LogP contribution < -0.4 is 4.90 Å². The van der Waals surface area contributed by atoms with Crippen LogP contribution in [0.25, 0.3) is 0 Å². The molecule has 0 amide bonds. The monoisotopic (exact) mass is 308 g/mol. The fraction of sp³-hybridized carbons (Fsp3) is 0.214. The van der Waals surface area contributed by atoms with E-state index in [9.17, 15) is 4.39 Å². The number of benzene rings is 1. The number of alkyl halides is 1. The lowest BCUT2D eigenvalue weighted by Crippen LogP contribution is -2.19. The molecule has 0 aliphatic heterocycles. The van der Waals surface area contributed by atoms with Crippen molar-refractivity contribution in [1.29, 1.82) is 0 Å². The molecule has 4 heteroatoms. The first-order chi connectivity index (χ1) is 8.72. The molecule has 0 N–H and O–H groups in total. The molecule has 2 nitrogen and oxygen atoms in total. The molecule has 1 aromatic carbocycles. The normalized spacial score (nSPS) is 10.4. The predicted molar refractivity (Wildman–Crippen MR) is 75.4 cm³/mol. The Morgan fingerprint density at radius 2 is 2.06 bits per heavy atom. The van der Waals surface area contributed by atoms with Gasteiger partial charge < -0.3 is 4.90 Å². The van der Waals surface area contributed by atoms with E-state index in [-0.39, 0.29) is 5.82 Å². The first-order valence-electron chi connectivity index (χ1n) is 5.66. The summed E-state index contributed by atoms with van der Waals surface area (Å²) < 4.78 is 13.7. The minimum absolute atomic E-state index is 0.183. The van der Waals surface area contributed by atoms with Crippen LogP contribution in [-0.4, -0.2) is 12.0 Å². The van der Waals surface area contributed by atoms with E-state index in [1.807, 2.05) is 36.2 Å². The first kappa shape index (κ1) is 13.0. The average molecular weight is 309 g/mol. The lowest BCUT2D eigenvalue weighted by Gasteiger charge is -2.21. The number of anilines is 1. The molecule has 2 aromatic rings. The zero-order chi connectivity index (χ0) is 13.0. The van der Waals surface area contributed by atoms with Gasteiger partial charge in [0.15, 0.2) is 0 Å². The van der Waals surface area contributed by atoms with Gasteiger partial charge in [0.2, 0.25) is 0 Å². The third-order valence-corrected chi connectivity index (χ3v) is 3.33. The zero-order valence-corrected chi connectivity index (χ0v) is 11.7. The standard InChI is InChI=1S/C14H14BrFN2/c1-18(10-11-5-2-3-8-17-11)14-7-4-6-13(16)12(14)9-15/h2-8H,9-10H2,1H3. The van der Waals surface area contributed by atoms with E-state index in [2.05, 4.69) is 20.9 Å². The van der Waals surface area contributed by atoms with E-state index in [1.54, 1.807) is 12.3 Å². The summed E-state index contributed by atoms with van der Waals surface area (Å²) in [5.41, 5.74) is 2.53. The molecule has 18 heavy (non-hydrogen) atoms. The smallest absolute Gasteiger partial charge is 0.129 e. The van der Waals surface area contributed by atoms with Crippen LogP contribution in [0, 0.1) is 5.82 Å². The molecular formula is C14H14BrFN2. The molecule has 0 radical (unpaired) electrons. The molecule has 0 fully saturated rings. The topological polar surface area (TPSA) is 16.1 Å². The number of hydrogen-bond acceptors (Lipinski definition) is 2. The maximum Gasteiger partial charge on any atom is 0.129 e. The molecule has 1 aromatic heterocycles. The van der Waals surface area contributed by atoms with Gasteiger partial charge in [-0.25, -0.2) is 4.39 Å². The van der Waals surface area contributed by atoms with E-state index in [0.29, 0.717) is 17.4 Å². The second-order valence-electron chi connectivity index (χ2n) is 4.05. The van der Waals surface area contributed by atoms with Crippen LogP contribution in [0.1, 0.15) is 11.3 Å². The molecule has 94 valence electrons. The van der Waals surface area contributed by atoms with Crippen molar-refractivity contribution >= 4 is 21.6 Å². The number of pyridine rings is 1. The Bertz CT molecular complexity index is 516. The Morgan fingerprint density at radius 3 is 2.72 bits per heavy atom. The highest BCUT2D eigenvalue weighted by molar-refractivity contribution is 9.08. The fourth-order valence-corrected chi connectivity index (χ4v) is 2.41. The van der Waals surface area contributed by atoms with Gasteiger partial charge in [0.25, 0.3) is 0 Å². The largest absolute Gasteiger partial charge is 0.368 e. The van der Waals surface area contributed by atoms with Gasteiger partial charge in [-0.15, -0.1) is 0 Å². The molecule has 0 bridgehead atoms. The average Bonchev–Trinajstić information content (AvgIpc) is 2.39. The number of hydrogen-bond donors (Lipinski definition) is 0. The number of halogens is 2. The van der Waals surface area contributed by atoms with E-state index in [0.717, 1.165) is 11.4 Å². The van der Waals surface area contributed by atoms with Crippen molar-refractivity contribution in [2.45, 2.75) is 11.9 Å². The zero-order valence-electron chi connectivity index (χ0n) is 10.1. The molecule has 0 unspecified atom stereocenters. The Labute approximate surface area is 115 Å². The van der Waals surface area contributed by atoms with Crippen molar-refractivity contribution in [2.24, 2.45) is 0 Å². The van der Waals surface area contributed by atoms with Crippen LogP contribution in [0.5, 0.6) is 0 Å². The third-order valence-electron chi connectivity index (χ3n) is 2.76. The molecule has 0 aliphatic carbocycles. The molecular weight excluding hydrogens is 295 g/mol. The summed E-state index contributed by atoms with van der Waals surface area (Å²) in [7, 11) is 1.94. The van der Waals surface area contributed by atoms with Crippen LogP contribution >= 0.6 is 15.9 Å². The minimum atomic E-state index is -0.183. The maximum atomic E-state index is 13.7. The summed E-state index contributed by atoms with van der Waals surface area (Å²) in [6.07, 6.45) is 1.76. The van der Waals surface area contributed by atoms with E-state index in [4.69, 9.17) is 0 Å². The molecule has 2 rings (SSSR count). The van der Waals surface area contributed by atoms with Gasteiger partial charge in [0.1, 0.15) is 5.82 Å². The Morgan fingerprint density at radius 1 is 1.22 bits per heavy atom.